The molecule has 0 spiro atoms. The van der Waals surface area contributed by atoms with E-state index in [-0.39, 0.29) is 5.41 Å². The molecule has 1 heterocycles. The third-order valence-corrected chi connectivity index (χ3v) is 3.10. The van der Waals surface area contributed by atoms with Crippen molar-refractivity contribution in [1.82, 2.24) is 15.3 Å². The quantitative estimate of drug-likeness (QED) is 0.912. The van der Waals surface area contributed by atoms with Crippen LogP contribution in [0.1, 0.15) is 37.6 Å². The molecule has 0 aliphatic heterocycles. The minimum Gasteiger partial charge on any atom is -0.307 e. The highest BCUT2D eigenvalue weighted by Gasteiger charge is 2.12. The van der Waals surface area contributed by atoms with Crippen LogP contribution in [0.3, 0.4) is 0 Å². The van der Waals surface area contributed by atoms with Gasteiger partial charge in [-0.3, -0.25) is 0 Å². The summed E-state index contributed by atoms with van der Waals surface area (Å²) >= 11 is 0. The zero-order chi connectivity index (χ0) is 13.7. The maximum atomic E-state index is 4.18. The van der Waals surface area contributed by atoms with E-state index in [4.69, 9.17) is 0 Å². The Hall–Kier alpha value is -1.74. The Balaban J connectivity index is 1.87. The Morgan fingerprint density at radius 3 is 2.32 bits per heavy atom. The van der Waals surface area contributed by atoms with Crippen LogP contribution in [-0.4, -0.2) is 9.97 Å². The van der Waals surface area contributed by atoms with E-state index in [2.05, 4.69) is 60.3 Å². The molecule has 2 rings (SSSR count). The van der Waals surface area contributed by atoms with Crippen LogP contribution in [0, 0.1) is 0 Å². The predicted octanol–water partition coefficient (Wildman–Crippen LogP) is 3.06. The second kappa shape index (κ2) is 5.93. The van der Waals surface area contributed by atoms with Gasteiger partial charge in [0.2, 0.25) is 0 Å². The summed E-state index contributed by atoms with van der Waals surface area (Å²) in [7, 11) is 0. The van der Waals surface area contributed by atoms with E-state index in [0.29, 0.717) is 0 Å². The number of nitrogens with zero attached hydrogens (tertiary/aromatic N) is 2. The highest BCUT2D eigenvalue weighted by Crippen LogP contribution is 2.22. The SMILES string of the molecule is CC(C)(C)c1ccc(CNCc2ccncn2)cc1. The van der Waals surface area contributed by atoms with Crippen LogP contribution in [0.2, 0.25) is 0 Å². The summed E-state index contributed by atoms with van der Waals surface area (Å²) in [4.78, 5) is 8.09. The molecule has 100 valence electrons. The van der Waals surface area contributed by atoms with Crippen molar-refractivity contribution in [1.29, 1.82) is 0 Å². The highest BCUT2D eigenvalue weighted by molar-refractivity contribution is 5.27. The van der Waals surface area contributed by atoms with Gasteiger partial charge in [0, 0.05) is 19.3 Å². The van der Waals surface area contributed by atoms with Gasteiger partial charge in [-0.25, -0.2) is 9.97 Å². The van der Waals surface area contributed by atoms with Gasteiger partial charge in [-0.05, 0) is 22.6 Å². The van der Waals surface area contributed by atoms with Crippen LogP contribution in [0.25, 0.3) is 0 Å². The first-order valence-corrected chi connectivity index (χ1v) is 6.61. The smallest absolute Gasteiger partial charge is 0.115 e. The van der Waals surface area contributed by atoms with E-state index in [1.54, 1.807) is 12.5 Å². The van der Waals surface area contributed by atoms with Gasteiger partial charge in [0.15, 0.2) is 0 Å². The number of aromatic nitrogens is 2. The van der Waals surface area contributed by atoms with Crippen LogP contribution in [-0.2, 0) is 18.5 Å². The topological polar surface area (TPSA) is 37.8 Å². The fraction of sp³-hybridized carbons (Fsp3) is 0.375. The van der Waals surface area contributed by atoms with Gasteiger partial charge in [-0.15, -0.1) is 0 Å². The van der Waals surface area contributed by atoms with Gasteiger partial charge in [0.05, 0.1) is 5.69 Å². The first kappa shape index (κ1) is 13.7. The third-order valence-electron chi connectivity index (χ3n) is 3.10. The largest absolute Gasteiger partial charge is 0.307 e. The summed E-state index contributed by atoms with van der Waals surface area (Å²) in [6, 6.07) is 10.7. The van der Waals surface area contributed by atoms with Crippen molar-refractivity contribution in [2.24, 2.45) is 0 Å². The summed E-state index contributed by atoms with van der Waals surface area (Å²) in [6.07, 6.45) is 3.34. The maximum Gasteiger partial charge on any atom is 0.115 e. The zero-order valence-electron chi connectivity index (χ0n) is 11.9. The monoisotopic (exact) mass is 255 g/mol. The Kier molecular flexibility index (Phi) is 4.27. The predicted molar refractivity (Wildman–Crippen MR) is 77.7 cm³/mol. The van der Waals surface area contributed by atoms with Crippen molar-refractivity contribution in [3.05, 3.63) is 59.7 Å². The molecule has 0 unspecified atom stereocenters. The summed E-state index contributed by atoms with van der Waals surface area (Å²) in [5.41, 5.74) is 3.89. The standard InChI is InChI=1S/C16H21N3/c1-16(2,3)14-6-4-13(5-7-14)10-18-11-15-8-9-17-12-19-15/h4-9,12,18H,10-11H2,1-3H3. The highest BCUT2D eigenvalue weighted by atomic mass is 14.9. The molecular formula is C16H21N3. The molecule has 0 aliphatic rings. The molecule has 0 radical (unpaired) electrons. The summed E-state index contributed by atoms with van der Waals surface area (Å²) in [6.45, 7) is 8.32. The number of rotatable bonds is 4. The van der Waals surface area contributed by atoms with E-state index in [0.717, 1.165) is 18.8 Å². The molecule has 1 N–H and O–H groups in total. The second-order valence-electron chi connectivity index (χ2n) is 5.75. The molecule has 0 saturated heterocycles. The van der Waals surface area contributed by atoms with Gasteiger partial charge in [0.1, 0.15) is 6.33 Å². The fourth-order valence-corrected chi connectivity index (χ4v) is 1.88. The molecule has 3 nitrogen and oxygen atoms in total. The van der Waals surface area contributed by atoms with Crippen molar-refractivity contribution >= 4 is 0 Å². The van der Waals surface area contributed by atoms with E-state index < -0.39 is 0 Å². The number of benzene rings is 1. The fourth-order valence-electron chi connectivity index (χ4n) is 1.88. The minimum absolute atomic E-state index is 0.215. The lowest BCUT2D eigenvalue weighted by atomic mass is 9.87. The van der Waals surface area contributed by atoms with Crippen molar-refractivity contribution < 1.29 is 0 Å². The lowest BCUT2D eigenvalue weighted by Gasteiger charge is -2.19. The van der Waals surface area contributed by atoms with E-state index in [9.17, 15) is 0 Å². The van der Waals surface area contributed by atoms with Gasteiger partial charge in [0.25, 0.3) is 0 Å². The normalized spacial score (nSPS) is 11.5. The summed E-state index contributed by atoms with van der Waals surface area (Å²) in [5.74, 6) is 0. The average Bonchev–Trinajstić information content (AvgIpc) is 2.39. The van der Waals surface area contributed by atoms with Gasteiger partial charge < -0.3 is 5.32 Å². The molecule has 0 atom stereocenters. The average molecular weight is 255 g/mol. The van der Waals surface area contributed by atoms with Crippen molar-refractivity contribution in [3.8, 4) is 0 Å². The first-order valence-electron chi connectivity index (χ1n) is 6.61. The van der Waals surface area contributed by atoms with Gasteiger partial charge in [-0.2, -0.15) is 0 Å². The van der Waals surface area contributed by atoms with Crippen LogP contribution in [0.15, 0.2) is 42.9 Å². The molecule has 2 aromatic rings. The van der Waals surface area contributed by atoms with Gasteiger partial charge >= 0.3 is 0 Å². The van der Waals surface area contributed by atoms with Crippen LogP contribution < -0.4 is 5.32 Å². The lowest BCUT2D eigenvalue weighted by Crippen LogP contribution is -2.14. The minimum atomic E-state index is 0.215. The molecule has 0 fully saturated rings. The summed E-state index contributed by atoms with van der Waals surface area (Å²) in [5, 5.41) is 3.39. The van der Waals surface area contributed by atoms with Crippen LogP contribution in [0.5, 0.6) is 0 Å². The molecule has 1 aromatic carbocycles. The first-order chi connectivity index (χ1) is 9.05. The van der Waals surface area contributed by atoms with Crippen molar-refractivity contribution in [2.75, 3.05) is 0 Å². The Labute approximate surface area is 115 Å². The van der Waals surface area contributed by atoms with Crippen molar-refractivity contribution in [2.45, 2.75) is 39.3 Å². The maximum absolute atomic E-state index is 4.18. The zero-order valence-corrected chi connectivity index (χ0v) is 11.9. The molecule has 0 saturated carbocycles. The Bertz CT molecular complexity index is 498. The van der Waals surface area contributed by atoms with Crippen LogP contribution >= 0.6 is 0 Å². The van der Waals surface area contributed by atoms with Crippen LogP contribution in [0.4, 0.5) is 0 Å². The van der Waals surface area contributed by atoms with E-state index in [1.807, 2.05) is 6.07 Å². The number of nitrogens with one attached hydrogen (secondary N) is 1. The second-order valence-corrected chi connectivity index (χ2v) is 5.75. The lowest BCUT2D eigenvalue weighted by molar-refractivity contribution is 0.589. The number of hydrogen-bond donors (Lipinski definition) is 1. The number of hydrogen-bond acceptors (Lipinski definition) is 3. The molecule has 3 heteroatoms. The van der Waals surface area contributed by atoms with E-state index >= 15 is 0 Å². The summed E-state index contributed by atoms with van der Waals surface area (Å²) < 4.78 is 0. The Morgan fingerprint density at radius 2 is 1.74 bits per heavy atom. The molecule has 0 amide bonds. The molecular weight excluding hydrogens is 234 g/mol. The molecule has 19 heavy (non-hydrogen) atoms. The van der Waals surface area contributed by atoms with Gasteiger partial charge in [-0.1, -0.05) is 45.0 Å². The Morgan fingerprint density at radius 1 is 1.00 bits per heavy atom. The molecule has 0 bridgehead atoms. The third kappa shape index (κ3) is 4.14. The van der Waals surface area contributed by atoms with Crippen molar-refractivity contribution in [3.63, 3.8) is 0 Å². The molecule has 1 aromatic heterocycles. The molecule has 0 aliphatic carbocycles. The van der Waals surface area contributed by atoms with E-state index in [1.165, 1.54) is 11.1 Å².